The molecule has 0 saturated heterocycles. The van der Waals surface area contributed by atoms with Crippen LogP contribution in [0.3, 0.4) is 0 Å². The quantitative estimate of drug-likeness (QED) is 0.704. The third-order valence-electron chi connectivity index (χ3n) is 5.04. The first-order valence-electron chi connectivity index (χ1n) is 8.24. The summed E-state index contributed by atoms with van der Waals surface area (Å²) in [5, 5.41) is 0. The number of aryl methyl sites for hydroxylation is 2. The Labute approximate surface area is 132 Å². The molecule has 3 heteroatoms. The first-order valence-corrected chi connectivity index (χ1v) is 8.78. The molecule has 0 amide bonds. The Kier molecular flexibility index (Phi) is 4.54. The van der Waals surface area contributed by atoms with Crippen LogP contribution in [-0.2, 0) is 6.42 Å². The van der Waals surface area contributed by atoms with Crippen LogP contribution in [0, 0.1) is 12.8 Å². The molecule has 0 aliphatic heterocycles. The van der Waals surface area contributed by atoms with E-state index in [-0.39, 0.29) is 0 Å². The van der Waals surface area contributed by atoms with Gasteiger partial charge in [-0.05, 0) is 44.2 Å². The predicted octanol–water partition coefficient (Wildman–Crippen LogP) is 5.27. The summed E-state index contributed by atoms with van der Waals surface area (Å²) in [6.45, 7) is 4.57. The van der Waals surface area contributed by atoms with Crippen LogP contribution in [0.15, 0.2) is 18.2 Å². The normalized spacial score (nSPS) is 18.2. The molecule has 1 saturated carbocycles. The zero-order valence-corrected chi connectivity index (χ0v) is 13.9. The Bertz CT molecular complexity index is 611. The van der Waals surface area contributed by atoms with Crippen molar-refractivity contribution in [3.8, 4) is 0 Å². The van der Waals surface area contributed by atoms with Gasteiger partial charge in [0.15, 0.2) is 0 Å². The number of hydrogen-bond acceptors (Lipinski definition) is 1. The largest absolute Gasteiger partial charge is 0.325 e. The van der Waals surface area contributed by atoms with Crippen LogP contribution >= 0.6 is 11.6 Å². The third kappa shape index (κ3) is 2.83. The van der Waals surface area contributed by atoms with Crippen molar-refractivity contribution in [1.82, 2.24) is 9.55 Å². The SMILES string of the molecule is Cc1cccc2nc(CCCl)n(C(C)C3CCCCC3)c12. The number of imidazole rings is 1. The number of para-hydroxylation sites is 1. The molecule has 1 aliphatic carbocycles. The molecule has 1 aromatic heterocycles. The molecule has 2 aromatic rings. The molecule has 1 heterocycles. The van der Waals surface area contributed by atoms with Gasteiger partial charge in [-0.1, -0.05) is 31.4 Å². The summed E-state index contributed by atoms with van der Waals surface area (Å²) < 4.78 is 2.49. The molecule has 1 fully saturated rings. The average Bonchev–Trinajstić information content (AvgIpc) is 2.87. The van der Waals surface area contributed by atoms with E-state index in [0.29, 0.717) is 11.9 Å². The lowest BCUT2D eigenvalue weighted by Crippen LogP contribution is -2.21. The monoisotopic (exact) mass is 304 g/mol. The van der Waals surface area contributed by atoms with Crippen LogP contribution in [0.2, 0.25) is 0 Å². The van der Waals surface area contributed by atoms with Crippen molar-refractivity contribution in [3.05, 3.63) is 29.6 Å². The zero-order chi connectivity index (χ0) is 14.8. The smallest absolute Gasteiger partial charge is 0.111 e. The summed E-state index contributed by atoms with van der Waals surface area (Å²) in [6.07, 6.45) is 7.73. The van der Waals surface area contributed by atoms with Gasteiger partial charge >= 0.3 is 0 Å². The molecule has 0 N–H and O–H groups in total. The maximum Gasteiger partial charge on any atom is 0.111 e. The van der Waals surface area contributed by atoms with Crippen molar-refractivity contribution >= 4 is 22.6 Å². The fraction of sp³-hybridized carbons (Fsp3) is 0.611. The minimum atomic E-state index is 0.523. The Hall–Kier alpha value is -1.02. The Morgan fingerprint density at radius 2 is 2.05 bits per heavy atom. The van der Waals surface area contributed by atoms with Gasteiger partial charge in [-0.15, -0.1) is 11.6 Å². The van der Waals surface area contributed by atoms with Gasteiger partial charge < -0.3 is 4.57 Å². The number of halogens is 1. The summed E-state index contributed by atoms with van der Waals surface area (Å²) in [6, 6.07) is 6.95. The van der Waals surface area contributed by atoms with Gasteiger partial charge in [-0.25, -0.2) is 4.98 Å². The summed E-state index contributed by atoms with van der Waals surface area (Å²) in [5.74, 6) is 2.58. The van der Waals surface area contributed by atoms with Crippen LogP contribution in [0.5, 0.6) is 0 Å². The molecule has 0 spiro atoms. The van der Waals surface area contributed by atoms with E-state index in [0.717, 1.165) is 23.7 Å². The number of hydrogen-bond donors (Lipinski definition) is 0. The highest BCUT2D eigenvalue weighted by molar-refractivity contribution is 6.17. The van der Waals surface area contributed by atoms with Gasteiger partial charge in [0.1, 0.15) is 5.82 Å². The zero-order valence-electron chi connectivity index (χ0n) is 13.1. The van der Waals surface area contributed by atoms with Crippen LogP contribution in [-0.4, -0.2) is 15.4 Å². The molecule has 3 rings (SSSR count). The molecule has 0 radical (unpaired) electrons. The number of benzene rings is 1. The van der Waals surface area contributed by atoms with Gasteiger partial charge in [-0.3, -0.25) is 0 Å². The summed E-state index contributed by atoms with van der Waals surface area (Å²) in [5.41, 5.74) is 3.76. The van der Waals surface area contributed by atoms with E-state index in [9.17, 15) is 0 Å². The van der Waals surface area contributed by atoms with E-state index in [1.54, 1.807) is 0 Å². The fourth-order valence-electron chi connectivity index (χ4n) is 3.90. The number of aromatic nitrogens is 2. The van der Waals surface area contributed by atoms with E-state index in [1.165, 1.54) is 43.2 Å². The van der Waals surface area contributed by atoms with E-state index in [4.69, 9.17) is 16.6 Å². The summed E-state index contributed by atoms with van der Waals surface area (Å²) in [4.78, 5) is 4.86. The van der Waals surface area contributed by atoms with E-state index >= 15 is 0 Å². The van der Waals surface area contributed by atoms with Crippen LogP contribution in [0.4, 0.5) is 0 Å². The van der Waals surface area contributed by atoms with Gasteiger partial charge in [-0.2, -0.15) is 0 Å². The molecule has 21 heavy (non-hydrogen) atoms. The lowest BCUT2D eigenvalue weighted by atomic mass is 9.84. The molecule has 1 unspecified atom stereocenters. The van der Waals surface area contributed by atoms with Crippen molar-refractivity contribution in [2.45, 2.75) is 58.4 Å². The van der Waals surface area contributed by atoms with Gasteiger partial charge in [0, 0.05) is 18.3 Å². The highest BCUT2D eigenvalue weighted by Gasteiger charge is 2.25. The molecule has 1 atom stereocenters. The third-order valence-corrected chi connectivity index (χ3v) is 5.23. The first-order chi connectivity index (χ1) is 10.2. The molecule has 114 valence electrons. The van der Waals surface area contributed by atoms with Crippen LogP contribution in [0.25, 0.3) is 11.0 Å². The summed E-state index contributed by atoms with van der Waals surface area (Å²) >= 11 is 6.01. The molecule has 0 bridgehead atoms. The second kappa shape index (κ2) is 6.39. The van der Waals surface area contributed by atoms with Crippen molar-refractivity contribution in [2.75, 3.05) is 5.88 Å². The number of nitrogens with zero attached hydrogens (tertiary/aromatic N) is 2. The van der Waals surface area contributed by atoms with Crippen LogP contribution in [0.1, 0.15) is 56.5 Å². The summed E-state index contributed by atoms with van der Waals surface area (Å²) in [7, 11) is 0. The van der Waals surface area contributed by atoms with Crippen molar-refractivity contribution in [3.63, 3.8) is 0 Å². The second-order valence-corrected chi connectivity index (χ2v) is 6.80. The highest BCUT2D eigenvalue weighted by Crippen LogP contribution is 2.36. The lowest BCUT2D eigenvalue weighted by Gasteiger charge is -2.30. The van der Waals surface area contributed by atoms with Crippen molar-refractivity contribution in [2.24, 2.45) is 5.92 Å². The van der Waals surface area contributed by atoms with Gasteiger partial charge in [0.25, 0.3) is 0 Å². The Morgan fingerprint density at radius 1 is 1.29 bits per heavy atom. The number of alkyl halides is 1. The second-order valence-electron chi connectivity index (χ2n) is 6.42. The highest BCUT2D eigenvalue weighted by atomic mass is 35.5. The van der Waals surface area contributed by atoms with Crippen molar-refractivity contribution < 1.29 is 0 Å². The minimum Gasteiger partial charge on any atom is -0.325 e. The molecule has 1 aromatic carbocycles. The van der Waals surface area contributed by atoms with E-state index in [1.807, 2.05) is 0 Å². The minimum absolute atomic E-state index is 0.523. The molecule has 1 aliphatic rings. The van der Waals surface area contributed by atoms with E-state index < -0.39 is 0 Å². The topological polar surface area (TPSA) is 17.8 Å². The fourth-order valence-corrected chi connectivity index (χ4v) is 4.07. The molecular weight excluding hydrogens is 280 g/mol. The Balaban J connectivity index is 2.07. The lowest BCUT2D eigenvalue weighted by molar-refractivity contribution is 0.264. The standard InChI is InChI=1S/C18H25ClN2/c1-13-7-6-10-16-18(13)21(17(20-16)11-12-19)14(2)15-8-4-3-5-9-15/h6-7,10,14-15H,3-5,8-9,11-12H2,1-2H3. The Morgan fingerprint density at radius 3 is 2.76 bits per heavy atom. The molecular formula is C18H25ClN2. The van der Waals surface area contributed by atoms with E-state index in [2.05, 4.69) is 36.6 Å². The van der Waals surface area contributed by atoms with Gasteiger partial charge in [0.05, 0.1) is 11.0 Å². The number of rotatable bonds is 4. The first kappa shape index (κ1) is 14.9. The van der Waals surface area contributed by atoms with Gasteiger partial charge in [0.2, 0.25) is 0 Å². The maximum absolute atomic E-state index is 6.01. The van der Waals surface area contributed by atoms with Crippen molar-refractivity contribution in [1.29, 1.82) is 0 Å². The average molecular weight is 305 g/mol. The number of fused-ring (bicyclic) bond motifs is 1. The molecule has 2 nitrogen and oxygen atoms in total. The maximum atomic E-state index is 6.01. The predicted molar refractivity (Wildman–Crippen MR) is 90.2 cm³/mol. The van der Waals surface area contributed by atoms with Crippen LogP contribution < -0.4 is 0 Å².